The van der Waals surface area contributed by atoms with Crippen LogP contribution in [0.4, 0.5) is 0 Å². The molecule has 0 saturated heterocycles. The first-order valence-electron chi connectivity index (χ1n) is 7.33. The fraction of sp³-hybridized carbons (Fsp3) is 0.0556. The number of hydrogen-bond acceptors (Lipinski definition) is 5. The zero-order chi connectivity index (χ0) is 16.6. The van der Waals surface area contributed by atoms with Crippen LogP contribution in [0, 0.1) is 0 Å². The van der Waals surface area contributed by atoms with Crippen LogP contribution in [-0.2, 0) is 4.79 Å². The molecular formula is C18H15N3OS2. The van der Waals surface area contributed by atoms with E-state index in [-0.39, 0.29) is 5.91 Å². The van der Waals surface area contributed by atoms with Crippen molar-refractivity contribution in [2.45, 2.75) is 4.34 Å². The molecule has 0 radical (unpaired) electrons. The Kier molecular flexibility index (Phi) is 5.76. The van der Waals surface area contributed by atoms with Gasteiger partial charge in [0, 0.05) is 6.21 Å². The number of allylic oxidation sites excluding steroid dienone is 1. The molecule has 0 fully saturated rings. The number of aromatic nitrogens is 1. The summed E-state index contributed by atoms with van der Waals surface area (Å²) in [4.78, 5) is 16.3. The van der Waals surface area contributed by atoms with Crippen molar-refractivity contribution in [2.24, 2.45) is 5.10 Å². The molecule has 0 bridgehead atoms. The lowest BCUT2D eigenvalue weighted by Crippen LogP contribution is -2.19. The number of thioether (sulfide) groups is 1. The Labute approximate surface area is 148 Å². The first-order chi connectivity index (χ1) is 11.8. The molecule has 4 nitrogen and oxygen atoms in total. The minimum absolute atomic E-state index is 0.149. The number of hydrazone groups is 1. The van der Waals surface area contributed by atoms with E-state index < -0.39 is 0 Å². The number of nitrogens with one attached hydrogen (secondary N) is 1. The van der Waals surface area contributed by atoms with E-state index in [9.17, 15) is 4.79 Å². The van der Waals surface area contributed by atoms with Crippen molar-refractivity contribution in [3.05, 3.63) is 66.2 Å². The van der Waals surface area contributed by atoms with Gasteiger partial charge in [-0.25, -0.2) is 10.4 Å². The Balaban J connectivity index is 1.44. The predicted octanol–water partition coefficient (Wildman–Crippen LogP) is 4.20. The molecule has 6 heteroatoms. The molecule has 2 aromatic carbocycles. The summed E-state index contributed by atoms with van der Waals surface area (Å²) < 4.78 is 2.02. The lowest BCUT2D eigenvalue weighted by atomic mass is 10.2. The van der Waals surface area contributed by atoms with Gasteiger partial charge in [-0.2, -0.15) is 5.10 Å². The molecule has 1 N–H and O–H groups in total. The number of carbonyl (C=O) groups is 1. The molecule has 0 spiro atoms. The number of rotatable bonds is 6. The lowest BCUT2D eigenvalue weighted by molar-refractivity contribution is -0.118. The highest BCUT2D eigenvalue weighted by Gasteiger charge is 2.06. The molecule has 0 aliphatic rings. The highest BCUT2D eigenvalue weighted by atomic mass is 32.2. The van der Waals surface area contributed by atoms with Gasteiger partial charge in [0.1, 0.15) is 0 Å². The van der Waals surface area contributed by atoms with Crippen LogP contribution in [0.5, 0.6) is 0 Å². The Morgan fingerprint density at radius 1 is 1.17 bits per heavy atom. The number of benzene rings is 2. The zero-order valence-electron chi connectivity index (χ0n) is 12.8. The molecule has 0 aliphatic heterocycles. The minimum atomic E-state index is -0.149. The molecule has 0 saturated carbocycles. The third-order valence-electron chi connectivity index (χ3n) is 3.04. The molecule has 0 unspecified atom stereocenters. The maximum atomic E-state index is 11.8. The topological polar surface area (TPSA) is 54.4 Å². The largest absolute Gasteiger partial charge is 0.272 e. The van der Waals surface area contributed by atoms with Gasteiger partial charge in [0.05, 0.1) is 16.0 Å². The highest BCUT2D eigenvalue weighted by molar-refractivity contribution is 8.01. The molecule has 120 valence electrons. The third-order valence-corrected chi connectivity index (χ3v) is 5.22. The fourth-order valence-corrected chi connectivity index (χ4v) is 3.80. The average molecular weight is 353 g/mol. The van der Waals surface area contributed by atoms with E-state index in [1.165, 1.54) is 11.8 Å². The van der Waals surface area contributed by atoms with E-state index in [4.69, 9.17) is 0 Å². The smallest absolute Gasteiger partial charge is 0.250 e. The van der Waals surface area contributed by atoms with Crippen LogP contribution in [0.1, 0.15) is 5.56 Å². The quantitative estimate of drug-likeness (QED) is 0.410. The van der Waals surface area contributed by atoms with Crippen molar-refractivity contribution < 1.29 is 4.79 Å². The van der Waals surface area contributed by atoms with Crippen LogP contribution in [-0.4, -0.2) is 22.9 Å². The highest BCUT2D eigenvalue weighted by Crippen LogP contribution is 2.28. The van der Waals surface area contributed by atoms with Crippen LogP contribution >= 0.6 is 23.1 Å². The van der Waals surface area contributed by atoms with Crippen molar-refractivity contribution in [3.63, 3.8) is 0 Å². The van der Waals surface area contributed by atoms with Crippen LogP contribution < -0.4 is 5.43 Å². The van der Waals surface area contributed by atoms with Gasteiger partial charge in [-0.05, 0) is 23.8 Å². The van der Waals surface area contributed by atoms with Crippen molar-refractivity contribution in [2.75, 3.05) is 5.75 Å². The fourth-order valence-electron chi connectivity index (χ4n) is 1.94. The first kappa shape index (κ1) is 16.4. The summed E-state index contributed by atoms with van der Waals surface area (Å²) in [6.45, 7) is 0. The van der Waals surface area contributed by atoms with Gasteiger partial charge in [-0.3, -0.25) is 4.79 Å². The number of hydrogen-bond donors (Lipinski definition) is 1. The Morgan fingerprint density at radius 2 is 1.96 bits per heavy atom. The normalized spacial score (nSPS) is 11.5. The monoisotopic (exact) mass is 353 g/mol. The molecule has 0 atom stereocenters. The summed E-state index contributed by atoms with van der Waals surface area (Å²) in [7, 11) is 0. The maximum Gasteiger partial charge on any atom is 0.250 e. The molecule has 1 amide bonds. The van der Waals surface area contributed by atoms with E-state index in [2.05, 4.69) is 15.5 Å². The zero-order valence-corrected chi connectivity index (χ0v) is 14.4. The molecule has 3 rings (SSSR count). The van der Waals surface area contributed by atoms with Crippen molar-refractivity contribution in [1.82, 2.24) is 10.4 Å². The van der Waals surface area contributed by atoms with Gasteiger partial charge < -0.3 is 0 Å². The molecular weight excluding hydrogens is 338 g/mol. The van der Waals surface area contributed by atoms with E-state index in [1.54, 1.807) is 23.6 Å². The number of amides is 1. The van der Waals surface area contributed by atoms with Gasteiger partial charge in [0.2, 0.25) is 0 Å². The average Bonchev–Trinajstić information content (AvgIpc) is 3.03. The second-order valence-corrected chi connectivity index (χ2v) is 7.07. The van der Waals surface area contributed by atoms with E-state index in [1.807, 2.05) is 60.7 Å². The van der Waals surface area contributed by atoms with Crippen molar-refractivity contribution >= 4 is 51.5 Å². The standard InChI is InChI=1S/C18H15N3OS2/c22-17(21-19-12-6-9-14-7-2-1-3-8-14)13-23-18-20-15-10-4-5-11-16(15)24-18/h1-12H,13H2,(H,21,22). The third kappa shape index (κ3) is 4.78. The number of nitrogens with zero attached hydrogens (tertiary/aromatic N) is 2. The van der Waals surface area contributed by atoms with E-state index in [0.29, 0.717) is 5.75 Å². The molecule has 24 heavy (non-hydrogen) atoms. The van der Waals surface area contributed by atoms with Gasteiger partial charge >= 0.3 is 0 Å². The number of carbonyl (C=O) groups excluding carboxylic acids is 1. The number of fused-ring (bicyclic) bond motifs is 1. The summed E-state index contributed by atoms with van der Waals surface area (Å²) in [6, 6.07) is 17.8. The Bertz CT molecular complexity index is 839. The maximum absolute atomic E-state index is 11.8. The van der Waals surface area contributed by atoms with Crippen molar-refractivity contribution in [1.29, 1.82) is 0 Å². The van der Waals surface area contributed by atoms with Crippen LogP contribution in [0.15, 0.2) is 70.1 Å². The van der Waals surface area contributed by atoms with Crippen LogP contribution in [0.2, 0.25) is 0 Å². The van der Waals surface area contributed by atoms with Gasteiger partial charge in [0.25, 0.3) is 5.91 Å². The first-order valence-corrected chi connectivity index (χ1v) is 9.13. The summed E-state index contributed by atoms with van der Waals surface area (Å²) in [5.74, 6) is 0.142. The van der Waals surface area contributed by atoms with Gasteiger partial charge in [-0.15, -0.1) is 11.3 Å². The molecule has 0 aliphatic carbocycles. The van der Waals surface area contributed by atoms with Crippen LogP contribution in [0.3, 0.4) is 0 Å². The van der Waals surface area contributed by atoms with Crippen LogP contribution in [0.25, 0.3) is 16.3 Å². The van der Waals surface area contributed by atoms with Gasteiger partial charge in [-0.1, -0.05) is 60.3 Å². The number of thiazole rings is 1. The van der Waals surface area contributed by atoms with Crippen molar-refractivity contribution in [3.8, 4) is 0 Å². The predicted molar refractivity (Wildman–Crippen MR) is 102 cm³/mol. The SMILES string of the molecule is O=C(CSc1nc2ccccc2s1)NN=CC=Cc1ccccc1. The van der Waals surface area contributed by atoms with E-state index in [0.717, 1.165) is 20.1 Å². The van der Waals surface area contributed by atoms with E-state index >= 15 is 0 Å². The molecule has 1 heterocycles. The molecule has 3 aromatic rings. The second-order valence-electron chi connectivity index (χ2n) is 4.82. The summed E-state index contributed by atoms with van der Waals surface area (Å²) in [5.41, 5.74) is 4.56. The summed E-state index contributed by atoms with van der Waals surface area (Å²) >= 11 is 3.01. The second kappa shape index (κ2) is 8.42. The Morgan fingerprint density at radius 3 is 2.79 bits per heavy atom. The lowest BCUT2D eigenvalue weighted by Gasteiger charge is -1.96. The summed E-state index contributed by atoms with van der Waals surface area (Å²) in [6.07, 6.45) is 5.27. The Hall–Kier alpha value is -2.44. The van der Waals surface area contributed by atoms with Gasteiger partial charge in [0.15, 0.2) is 4.34 Å². The molecule has 1 aromatic heterocycles. The summed E-state index contributed by atoms with van der Waals surface area (Å²) in [5, 5.41) is 3.90. The minimum Gasteiger partial charge on any atom is -0.272 e. The number of para-hydroxylation sites is 1.